The monoisotopic (exact) mass is 154 g/mol. The normalized spacial score (nSPS) is 42.0. The molecule has 0 heterocycles. The van der Waals surface area contributed by atoms with Crippen LogP contribution in [0.5, 0.6) is 0 Å². The number of carbonyl (C=O) groups is 1. The summed E-state index contributed by atoms with van der Waals surface area (Å²) in [5.74, 6) is 1.58. The van der Waals surface area contributed by atoms with Crippen molar-refractivity contribution in [3.63, 3.8) is 0 Å². The van der Waals surface area contributed by atoms with Crippen molar-refractivity contribution >= 4 is 6.47 Å². The SMILES string of the molecule is O=COC1CCC2CCCC21. The fourth-order valence-electron chi connectivity index (χ4n) is 2.75. The second-order valence-corrected chi connectivity index (χ2v) is 3.70. The van der Waals surface area contributed by atoms with E-state index in [0.717, 1.165) is 12.3 Å². The lowest BCUT2D eigenvalue weighted by Crippen LogP contribution is -2.17. The van der Waals surface area contributed by atoms with Gasteiger partial charge in [-0.25, -0.2) is 0 Å². The van der Waals surface area contributed by atoms with E-state index in [1.807, 2.05) is 0 Å². The maximum absolute atomic E-state index is 10.1. The van der Waals surface area contributed by atoms with Gasteiger partial charge in [0, 0.05) is 0 Å². The molecule has 0 aromatic heterocycles. The van der Waals surface area contributed by atoms with Crippen LogP contribution >= 0.6 is 0 Å². The quantitative estimate of drug-likeness (QED) is 0.566. The van der Waals surface area contributed by atoms with Crippen LogP contribution in [0.15, 0.2) is 0 Å². The number of hydrogen-bond acceptors (Lipinski definition) is 2. The molecule has 0 spiro atoms. The Bertz CT molecular complexity index is 156. The molecule has 2 fully saturated rings. The van der Waals surface area contributed by atoms with Gasteiger partial charge in [0.25, 0.3) is 6.47 Å². The zero-order valence-corrected chi connectivity index (χ0v) is 6.66. The molecule has 2 heteroatoms. The highest BCUT2D eigenvalue weighted by atomic mass is 16.5. The number of carbonyl (C=O) groups excluding carboxylic acids is 1. The van der Waals surface area contributed by atoms with Gasteiger partial charge < -0.3 is 4.74 Å². The molecule has 0 N–H and O–H groups in total. The summed E-state index contributed by atoms with van der Waals surface area (Å²) in [4.78, 5) is 10.1. The third-order valence-electron chi connectivity index (χ3n) is 3.25. The van der Waals surface area contributed by atoms with Gasteiger partial charge in [-0.3, -0.25) is 4.79 Å². The first-order valence-electron chi connectivity index (χ1n) is 4.51. The van der Waals surface area contributed by atoms with Crippen LogP contribution in [0.4, 0.5) is 0 Å². The van der Waals surface area contributed by atoms with E-state index in [-0.39, 0.29) is 6.10 Å². The fraction of sp³-hybridized carbons (Fsp3) is 0.889. The van der Waals surface area contributed by atoms with Gasteiger partial charge in [-0.1, -0.05) is 12.8 Å². The molecule has 2 saturated carbocycles. The van der Waals surface area contributed by atoms with Crippen molar-refractivity contribution in [3.05, 3.63) is 0 Å². The van der Waals surface area contributed by atoms with Crippen LogP contribution < -0.4 is 0 Å². The van der Waals surface area contributed by atoms with Crippen molar-refractivity contribution in [1.82, 2.24) is 0 Å². The molecule has 0 amide bonds. The lowest BCUT2D eigenvalue weighted by molar-refractivity contribution is -0.135. The largest absolute Gasteiger partial charge is 0.464 e. The number of ether oxygens (including phenoxy) is 1. The van der Waals surface area contributed by atoms with E-state index in [4.69, 9.17) is 4.74 Å². The van der Waals surface area contributed by atoms with E-state index in [9.17, 15) is 4.79 Å². The summed E-state index contributed by atoms with van der Waals surface area (Å²) in [5.41, 5.74) is 0. The molecule has 3 atom stereocenters. The van der Waals surface area contributed by atoms with Crippen molar-refractivity contribution in [2.24, 2.45) is 11.8 Å². The standard InChI is InChI=1S/C9H14O2/c10-6-11-9-5-4-7-2-1-3-8(7)9/h6-9H,1-5H2. The van der Waals surface area contributed by atoms with Gasteiger partial charge in [-0.05, 0) is 31.1 Å². The Kier molecular flexibility index (Phi) is 1.84. The van der Waals surface area contributed by atoms with E-state index < -0.39 is 0 Å². The van der Waals surface area contributed by atoms with E-state index in [1.54, 1.807) is 0 Å². The number of rotatable bonds is 2. The molecule has 3 unspecified atom stereocenters. The summed E-state index contributed by atoms with van der Waals surface area (Å²) in [7, 11) is 0. The predicted octanol–water partition coefficient (Wildman–Crippen LogP) is 1.74. The van der Waals surface area contributed by atoms with Gasteiger partial charge >= 0.3 is 0 Å². The highest BCUT2D eigenvalue weighted by molar-refractivity contribution is 5.37. The Morgan fingerprint density at radius 3 is 2.91 bits per heavy atom. The van der Waals surface area contributed by atoms with Gasteiger partial charge in [0.05, 0.1) is 0 Å². The van der Waals surface area contributed by atoms with Gasteiger partial charge in [0.2, 0.25) is 0 Å². The van der Waals surface area contributed by atoms with Crippen molar-refractivity contribution in [1.29, 1.82) is 0 Å². The van der Waals surface area contributed by atoms with Crippen LogP contribution in [0.3, 0.4) is 0 Å². The highest BCUT2D eigenvalue weighted by Gasteiger charge is 2.40. The van der Waals surface area contributed by atoms with Crippen LogP contribution in [0, 0.1) is 11.8 Å². The molecule has 11 heavy (non-hydrogen) atoms. The average Bonchev–Trinajstić information content (AvgIpc) is 2.53. The predicted molar refractivity (Wildman–Crippen MR) is 41.0 cm³/mol. The smallest absolute Gasteiger partial charge is 0.293 e. The zero-order valence-electron chi connectivity index (χ0n) is 6.66. The first kappa shape index (κ1) is 7.14. The topological polar surface area (TPSA) is 26.3 Å². The first-order valence-corrected chi connectivity index (χ1v) is 4.51. The highest BCUT2D eigenvalue weighted by Crippen LogP contribution is 2.44. The number of fused-ring (bicyclic) bond motifs is 1. The molecular formula is C9H14O2. The van der Waals surface area contributed by atoms with E-state index in [2.05, 4.69) is 0 Å². The summed E-state index contributed by atoms with van der Waals surface area (Å²) in [6.45, 7) is 0.616. The first-order chi connectivity index (χ1) is 5.42. The van der Waals surface area contributed by atoms with Gasteiger partial charge in [-0.15, -0.1) is 0 Å². The van der Waals surface area contributed by atoms with Gasteiger partial charge in [0.1, 0.15) is 6.10 Å². The second kappa shape index (κ2) is 2.84. The maximum atomic E-state index is 10.1. The molecular weight excluding hydrogens is 140 g/mol. The molecule has 2 aliphatic carbocycles. The van der Waals surface area contributed by atoms with Crippen molar-refractivity contribution in [2.45, 2.75) is 38.2 Å². The molecule has 0 saturated heterocycles. The molecule has 2 aliphatic rings. The number of hydrogen-bond donors (Lipinski definition) is 0. The maximum Gasteiger partial charge on any atom is 0.293 e. The molecule has 0 aliphatic heterocycles. The van der Waals surface area contributed by atoms with Crippen molar-refractivity contribution in [2.75, 3.05) is 0 Å². The fourth-order valence-corrected chi connectivity index (χ4v) is 2.75. The molecule has 0 aromatic rings. The minimum Gasteiger partial charge on any atom is -0.464 e. The summed E-state index contributed by atoms with van der Waals surface area (Å²) in [6.07, 6.45) is 6.64. The molecule has 62 valence electrons. The van der Waals surface area contributed by atoms with Crippen LogP contribution in [0.25, 0.3) is 0 Å². The van der Waals surface area contributed by atoms with E-state index >= 15 is 0 Å². The van der Waals surface area contributed by atoms with Crippen LogP contribution in [-0.2, 0) is 9.53 Å². The van der Waals surface area contributed by atoms with Crippen molar-refractivity contribution < 1.29 is 9.53 Å². The third-order valence-corrected chi connectivity index (χ3v) is 3.25. The van der Waals surface area contributed by atoms with E-state index in [0.29, 0.717) is 12.4 Å². The molecule has 2 rings (SSSR count). The summed E-state index contributed by atoms with van der Waals surface area (Å²) < 4.78 is 5.04. The summed E-state index contributed by atoms with van der Waals surface area (Å²) in [5, 5.41) is 0. The Balaban J connectivity index is 1.97. The second-order valence-electron chi connectivity index (χ2n) is 3.70. The molecule has 0 aromatic carbocycles. The average molecular weight is 154 g/mol. The van der Waals surface area contributed by atoms with E-state index in [1.165, 1.54) is 25.7 Å². The van der Waals surface area contributed by atoms with Gasteiger partial charge in [0.15, 0.2) is 0 Å². The van der Waals surface area contributed by atoms with Crippen molar-refractivity contribution in [3.8, 4) is 0 Å². The molecule has 0 bridgehead atoms. The Hall–Kier alpha value is -0.530. The van der Waals surface area contributed by atoms with Gasteiger partial charge in [-0.2, -0.15) is 0 Å². The Morgan fingerprint density at radius 2 is 2.09 bits per heavy atom. The Labute approximate surface area is 66.9 Å². The lowest BCUT2D eigenvalue weighted by Gasteiger charge is -2.15. The Morgan fingerprint density at radius 1 is 1.18 bits per heavy atom. The summed E-state index contributed by atoms with van der Waals surface area (Å²) >= 11 is 0. The zero-order chi connectivity index (χ0) is 7.68. The minimum absolute atomic E-state index is 0.264. The van der Waals surface area contributed by atoms with Crippen LogP contribution in [-0.4, -0.2) is 12.6 Å². The molecule has 2 nitrogen and oxygen atoms in total. The summed E-state index contributed by atoms with van der Waals surface area (Å²) in [6, 6.07) is 0. The minimum atomic E-state index is 0.264. The molecule has 0 radical (unpaired) electrons. The third kappa shape index (κ3) is 1.15. The van der Waals surface area contributed by atoms with Crippen LogP contribution in [0.1, 0.15) is 32.1 Å². The van der Waals surface area contributed by atoms with Crippen LogP contribution in [0.2, 0.25) is 0 Å². The lowest BCUT2D eigenvalue weighted by atomic mass is 9.99.